The highest BCUT2D eigenvalue weighted by atomic mass is 35.5. The molecule has 0 aliphatic heterocycles. The Balaban J connectivity index is 2.19. The molecule has 114 valence electrons. The summed E-state index contributed by atoms with van der Waals surface area (Å²) in [6.45, 7) is 6.50. The van der Waals surface area contributed by atoms with Gasteiger partial charge in [0.25, 0.3) is 5.89 Å². The lowest BCUT2D eigenvalue weighted by atomic mass is 10.2. The molecule has 0 spiro atoms. The zero-order chi connectivity index (χ0) is 15.4. The molecule has 1 unspecified atom stereocenters. The summed E-state index contributed by atoms with van der Waals surface area (Å²) < 4.78 is 18.9. The Bertz CT molecular complexity index is 600. The molecule has 1 aromatic heterocycles. The molecule has 1 aromatic carbocycles. The van der Waals surface area contributed by atoms with Crippen molar-refractivity contribution in [2.45, 2.75) is 19.9 Å². The number of nitrogens with zero attached hydrogens (tertiary/aromatic N) is 3. The van der Waals surface area contributed by atoms with E-state index < -0.39 is 5.82 Å². The fraction of sp³-hybridized carbons (Fsp3) is 0.429. The van der Waals surface area contributed by atoms with Crippen molar-refractivity contribution in [2.24, 2.45) is 5.73 Å². The SMILES string of the molecule is CCN(CC)CC(N)c1noc(-c2cc(Cl)ccc2F)n1. The van der Waals surface area contributed by atoms with Crippen molar-refractivity contribution in [1.82, 2.24) is 15.0 Å². The van der Waals surface area contributed by atoms with E-state index in [0.29, 0.717) is 17.4 Å². The van der Waals surface area contributed by atoms with Gasteiger partial charge in [-0.25, -0.2) is 4.39 Å². The van der Waals surface area contributed by atoms with Gasteiger partial charge < -0.3 is 15.2 Å². The van der Waals surface area contributed by atoms with Gasteiger partial charge in [-0.05, 0) is 31.3 Å². The second-order valence-electron chi connectivity index (χ2n) is 4.67. The number of benzene rings is 1. The van der Waals surface area contributed by atoms with E-state index >= 15 is 0 Å². The first-order chi connectivity index (χ1) is 10.0. The first-order valence-electron chi connectivity index (χ1n) is 6.82. The van der Waals surface area contributed by atoms with Crippen LogP contribution in [0.4, 0.5) is 4.39 Å². The molecule has 0 aliphatic rings. The molecule has 1 heterocycles. The summed E-state index contributed by atoms with van der Waals surface area (Å²) >= 11 is 5.85. The van der Waals surface area contributed by atoms with Crippen LogP contribution >= 0.6 is 11.6 Å². The molecule has 0 saturated heterocycles. The summed E-state index contributed by atoms with van der Waals surface area (Å²) in [5.74, 6) is -0.0248. The van der Waals surface area contributed by atoms with Crippen LogP contribution in [0, 0.1) is 5.82 Å². The van der Waals surface area contributed by atoms with E-state index in [1.165, 1.54) is 18.2 Å². The van der Waals surface area contributed by atoms with Crippen LogP contribution < -0.4 is 5.73 Å². The van der Waals surface area contributed by atoms with Crippen molar-refractivity contribution < 1.29 is 8.91 Å². The zero-order valence-electron chi connectivity index (χ0n) is 12.0. The third-order valence-corrected chi connectivity index (χ3v) is 3.52. The number of hydrogen-bond donors (Lipinski definition) is 1. The van der Waals surface area contributed by atoms with Crippen molar-refractivity contribution in [2.75, 3.05) is 19.6 Å². The number of hydrogen-bond acceptors (Lipinski definition) is 5. The van der Waals surface area contributed by atoms with Gasteiger partial charge in [-0.15, -0.1) is 0 Å². The average Bonchev–Trinajstić information content (AvgIpc) is 2.96. The van der Waals surface area contributed by atoms with Crippen molar-refractivity contribution in [1.29, 1.82) is 0 Å². The molecule has 0 saturated carbocycles. The second kappa shape index (κ2) is 6.98. The standard InChI is InChI=1S/C14H18ClFN4O/c1-3-20(4-2)8-12(17)13-18-14(21-19-13)10-7-9(15)5-6-11(10)16/h5-7,12H,3-4,8,17H2,1-2H3. The molecular weight excluding hydrogens is 295 g/mol. The molecule has 0 amide bonds. The number of likely N-dealkylation sites (N-methyl/N-ethyl adjacent to an activating group) is 1. The van der Waals surface area contributed by atoms with E-state index in [0.717, 1.165) is 13.1 Å². The van der Waals surface area contributed by atoms with Crippen molar-refractivity contribution in [3.8, 4) is 11.5 Å². The van der Waals surface area contributed by atoms with E-state index in [1.54, 1.807) is 0 Å². The van der Waals surface area contributed by atoms with Gasteiger partial charge in [0.2, 0.25) is 0 Å². The summed E-state index contributed by atoms with van der Waals surface area (Å²) in [5.41, 5.74) is 6.24. The van der Waals surface area contributed by atoms with E-state index in [1.807, 2.05) is 0 Å². The number of rotatable bonds is 6. The van der Waals surface area contributed by atoms with Crippen molar-refractivity contribution >= 4 is 11.6 Å². The van der Waals surface area contributed by atoms with Crippen LogP contribution in [0.15, 0.2) is 22.7 Å². The maximum Gasteiger partial charge on any atom is 0.261 e. The van der Waals surface area contributed by atoms with Gasteiger partial charge >= 0.3 is 0 Å². The van der Waals surface area contributed by atoms with Crippen LogP contribution in [0.2, 0.25) is 5.02 Å². The minimum absolute atomic E-state index is 0.0833. The molecule has 2 N–H and O–H groups in total. The molecule has 7 heteroatoms. The summed E-state index contributed by atoms with van der Waals surface area (Å²) in [7, 11) is 0. The number of aromatic nitrogens is 2. The van der Waals surface area contributed by atoms with Crippen molar-refractivity contribution in [3.05, 3.63) is 34.9 Å². The summed E-state index contributed by atoms with van der Waals surface area (Å²) in [5, 5.41) is 4.24. The van der Waals surface area contributed by atoms with Crippen LogP contribution in [0.25, 0.3) is 11.5 Å². The van der Waals surface area contributed by atoms with Crippen LogP contribution in [0.3, 0.4) is 0 Å². The summed E-state index contributed by atoms with van der Waals surface area (Å²) in [6, 6.07) is 3.79. The maximum absolute atomic E-state index is 13.8. The lowest BCUT2D eigenvalue weighted by Gasteiger charge is -2.20. The third kappa shape index (κ3) is 3.78. The van der Waals surface area contributed by atoms with Crippen LogP contribution in [-0.2, 0) is 0 Å². The highest BCUT2D eigenvalue weighted by molar-refractivity contribution is 6.30. The molecule has 21 heavy (non-hydrogen) atoms. The Morgan fingerprint density at radius 1 is 1.38 bits per heavy atom. The van der Waals surface area contributed by atoms with E-state index in [9.17, 15) is 4.39 Å². The quantitative estimate of drug-likeness (QED) is 0.888. The minimum Gasteiger partial charge on any atom is -0.334 e. The predicted molar refractivity (Wildman–Crippen MR) is 79.4 cm³/mol. The van der Waals surface area contributed by atoms with Gasteiger partial charge in [0.1, 0.15) is 5.82 Å². The topological polar surface area (TPSA) is 68.2 Å². The van der Waals surface area contributed by atoms with E-state index in [2.05, 4.69) is 28.9 Å². The maximum atomic E-state index is 13.8. The van der Waals surface area contributed by atoms with Gasteiger partial charge in [-0.2, -0.15) is 4.98 Å². The lowest BCUT2D eigenvalue weighted by Crippen LogP contribution is -2.32. The van der Waals surface area contributed by atoms with Gasteiger partial charge in [0.15, 0.2) is 5.82 Å². The Hall–Kier alpha value is -1.50. The normalized spacial score (nSPS) is 12.9. The molecule has 0 radical (unpaired) electrons. The minimum atomic E-state index is -0.466. The van der Waals surface area contributed by atoms with Gasteiger partial charge in [-0.3, -0.25) is 0 Å². The number of halogens is 2. The van der Waals surface area contributed by atoms with Gasteiger partial charge in [0.05, 0.1) is 11.6 Å². The van der Waals surface area contributed by atoms with Crippen LogP contribution in [-0.4, -0.2) is 34.7 Å². The molecule has 2 aromatic rings. The van der Waals surface area contributed by atoms with Gasteiger partial charge in [0, 0.05) is 11.6 Å². The fourth-order valence-corrected chi connectivity index (χ4v) is 2.17. The molecule has 1 atom stereocenters. The summed E-state index contributed by atoms with van der Waals surface area (Å²) in [6.07, 6.45) is 0. The molecule has 0 aliphatic carbocycles. The Kier molecular flexibility index (Phi) is 5.27. The Morgan fingerprint density at radius 3 is 2.76 bits per heavy atom. The first kappa shape index (κ1) is 15.9. The third-order valence-electron chi connectivity index (χ3n) is 3.28. The fourth-order valence-electron chi connectivity index (χ4n) is 2.00. The average molecular weight is 313 g/mol. The van der Waals surface area contributed by atoms with Gasteiger partial charge in [-0.1, -0.05) is 30.6 Å². The molecular formula is C14H18ClFN4O. The Labute approximate surface area is 127 Å². The van der Waals surface area contributed by atoms with Crippen molar-refractivity contribution in [3.63, 3.8) is 0 Å². The molecule has 0 bridgehead atoms. The highest BCUT2D eigenvalue weighted by Crippen LogP contribution is 2.25. The van der Waals surface area contributed by atoms with E-state index in [4.69, 9.17) is 21.9 Å². The largest absolute Gasteiger partial charge is 0.334 e. The lowest BCUT2D eigenvalue weighted by molar-refractivity contribution is 0.278. The van der Waals surface area contributed by atoms with Crippen LogP contribution in [0.5, 0.6) is 0 Å². The number of nitrogens with two attached hydrogens (primary N) is 1. The zero-order valence-corrected chi connectivity index (χ0v) is 12.8. The molecule has 2 rings (SSSR count). The van der Waals surface area contributed by atoms with Crippen LogP contribution in [0.1, 0.15) is 25.7 Å². The molecule has 5 nitrogen and oxygen atoms in total. The highest BCUT2D eigenvalue weighted by Gasteiger charge is 2.19. The smallest absolute Gasteiger partial charge is 0.261 e. The second-order valence-corrected chi connectivity index (χ2v) is 5.11. The predicted octanol–water partition coefficient (Wildman–Crippen LogP) is 2.87. The first-order valence-corrected chi connectivity index (χ1v) is 7.19. The van der Waals surface area contributed by atoms with E-state index in [-0.39, 0.29) is 17.5 Å². The summed E-state index contributed by atoms with van der Waals surface area (Å²) in [4.78, 5) is 6.33. The Morgan fingerprint density at radius 2 is 2.10 bits per heavy atom. The molecule has 0 fully saturated rings. The monoisotopic (exact) mass is 312 g/mol.